The second-order valence-electron chi connectivity index (χ2n) is 4.09. The summed E-state index contributed by atoms with van der Waals surface area (Å²) in [6.45, 7) is 5.45. The monoisotopic (exact) mass is 292 g/mol. The Balaban J connectivity index is 0.00000324. The standard InChI is InChI=1S/C13H18F2N2O.ClH/c1-3-4-16-5-6-17-13(18)10-7-9(2)11(14)8-12(10)15;/h7-8,16H,3-6H2,1-2H3,(H,17,18);1H. The molecule has 108 valence electrons. The first kappa shape index (κ1) is 17.8. The summed E-state index contributed by atoms with van der Waals surface area (Å²) in [5.41, 5.74) is 0.134. The fourth-order valence-corrected chi connectivity index (χ4v) is 1.49. The number of carbonyl (C=O) groups is 1. The van der Waals surface area contributed by atoms with Gasteiger partial charge in [-0.25, -0.2) is 8.78 Å². The van der Waals surface area contributed by atoms with Gasteiger partial charge < -0.3 is 10.6 Å². The highest BCUT2D eigenvalue weighted by Crippen LogP contribution is 2.13. The Morgan fingerprint density at radius 1 is 1.16 bits per heavy atom. The number of hydrogen-bond acceptors (Lipinski definition) is 2. The molecule has 0 atom stereocenters. The van der Waals surface area contributed by atoms with Crippen LogP contribution in [-0.2, 0) is 0 Å². The SMILES string of the molecule is CCCNCCNC(=O)c1cc(C)c(F)cc1F.Cl. The van der Waals surface area contributed by atoms with E-state index in [-0.39, 0.29) is 23.5 Å². The minimum atomic E-state index is -0.836. The van der Waals surface area contributed by atoms with Gasteiger partial charge in [-0.1, -0.05) is 6.92 Å². The maximum absolute atomic E-state index is 13.4. The second-order valence-corrected chi connectivity index (χ2v) is 4.09. The molecule has 0 radical (unpaired) electrons. The lowest BCUT2D eigenvalue weighted by molar-refractivity contribution is 0.0949. The van der Waals surface area contributed by atoms with Gasteiger partial charge in [0.25, 0.3) is 5.91 Å². The molecule has 0 aliphatic heterocycles. The Morgan fingerprint density at radius 3 is 2.47 bits per heavy atom. The maximum Gasteiger partial charge on any atom is 0.254 e. The van der Waals surface area contributed by atoms with Crippen molar-refractivity contribution in [3.05, 3.63) is 34.9 Å². The van der Waals surface area contributed by atoms with Crippen LogP contribution >= 0.6 is 12.4 Å². The molecule has 0 bridgehead atoms. The lowest BCUT2D eigenvalue weighted by Crippen LogP contribution is -2.32. The number of hydrogen-bond donors (Lipinski definition) is 2. The number of carbonyl (C=O) groups excluding carboxylic acids is 1. The van der Waals surface area contributed by atoms with Crippen molar-refractivity contribution in [2.45, 2.75) is 20.3 Å². The number of benzene rings is 1. The van der Waals surface area contributed by atoms with Gasteiger partial charge in [0.2, 0.25) is 0 Å². The average Bonchev–Trinajstić information content (AvgIpc) is 2.33. The summed E-state index contributed by atoms with van der Waals surface area (Å²) in [5, 5.41) is 5.69. The molecular formula is C13H19ClF2N2O. The lowest BCUT2D eigenvalue weighted by atomic mass is 10.1. The summed E-state index contributed by atoms with van der Waals surface area (Å²) < 4.78 is 26.4. The first-order chi connectivity index (χ1) is 8.56. The Kier molecular flexibility index (Phi) is 8.27. The molecule has 0 aromatic heterocycles. The van der Waals surface area contributed by atoms with Gasteiger partial charge in [-0.15, -0.1) is 12.4 Å². The van der Waals surface area contributed by atoms with Crippen molar-refractivity contribution < 1.29 is 13.6 Å². The van der Waals surface area contributed by atoms with Crippen molar-refractivity contribution in [1.29, 1.82) is 0 Å². The van der Waals surface area contributed by atoms with Gasteiger partial charge in [0.05, 0.1) is 5.56 Å². The van der Waals surface area contributed by atoms with E-state index >= 15 is 0 Å². The fraction of sp³-hybridized carbons (Fsp3) is 0.462. The molecule has 1 amide bonds. The molecule has 0 spiro atoms. The predicted octanol–water partition coefficient (Wildman–Crippen LogP) is 2.42. The van der Waals surface area contributed by atoms with Crippen molar-refractivity contribution in [1.82, 2.24) is 10.6 Å². The van der Waals surface area contributed by atoms with E-state index in [9.17, 15) is 13.6 Å². The van der Waals surface area contributed by atoms with Crippen LogP contribution in [0.4, 0.5) is 8.78 Å². The predicted molar refractivity (Wildman–Crippen MR) is 73.8 cm³/mol. The van der Waals surface area contributed by atoms with Crippen molar-refractivity contribution in [2.75, 3.05) is 19.6 Å². The van der Waals surface area contributed by atoms with E-state index in [1.165, 1.54) is 13.0 Å². The van der Waals surface area contributed by atoms with E-state index < -0.39 is 17.5 Å². The Morgan fingerprint density at radius 2 is 1.84 bits per heavy atom. The van der Waals surface area contributed by atoms with Gasteiger partial charge in [-0.05, 0) is 31.5 Å². The lowest BCUT2D eigenvalue weighted by Gasteiger charge is -2.08. The van der Waals surface area contributed by atoms with Crippen LogP contribution in [0.15, 0.2) is 12.1 Å². The number of halogens is 3. The van der Waals surface area contributed by atoms with Gasteiger partial charge in [0, 0.05) is 19.2 Å². The van der Waals surface area contributed by atoms with Crippen molar-refractivity contribution in [3.8, 4) is 0 Å². The molecule has 1 aromatic rings. The van der Waals surface area contributed by atoms with Gasteiger partial charge in [-0.3, -0.25) is 4.79 Å². The molecule has 6 heteroatoms. The van der Waals surface area contributed by atoms with Gasteiger partial charge >= 0.3 is 0 Å². The summed E-state index contributed by atoms with van der Waals surface area (Å²) in [6, 6.07) is 1.96. The number of nitrogens with one attached hydrogen (secondary N) is 2. The number of rotatable bonds is 6. The van der Waals surface area contributed by atoms with Crippen LogP contribution in [-0.4, -0.2) is 25.5 Å². The molecule has 19 heavy (non-hydrogen) atoms. The summed E-state index contributed by atoms with van der Waals surface area (Å²) in [7, 11) is 0. The molecule has 0 aliphatic rings. The van der Waals surface area contributed by atoms with Crippen molar-refractivity contribution >= 4 is 18.3 Å². The highest BCUT2D eigenvalue weighted by atomic mass is 35.5. The zero-order chi connectivity index (χ0) is 13.5. The topological polar surface area (TPSA) is 41.1 Å². The van der Waals surface area contributed by atoms with E-state index in [0.717, 1.165) is 19.0 Å². The zero-order valence-electron chi connectivity index (χ0n) is 11.1. The van der Waals surface area contributed by atoms with E-state index in [1.807, 2.05) is 6.92 Å². The van der Waals surface area contributed by atoms with Crippen LogP contribution < -0.4 is 10.6 Å². The summed E-state index contributed by atoms with van der Waals surface area (Å²) in [5.74, 6) is -2.00. The normalized spacial score (nSPS) is 9.89. The maximum atomic E-state index is 13.4. The minimum absolute atomic E-state index is 0. The smallest absolute Gasteiger partial charge is 0.254 e. The Labute approximate surface area is 118 Å². The summed E-state index contributed by atoms with van der Waals surface area (Å²) in [6.07, 6.45) is 1.01. The van der Waals surface area contributed by atoms with Crippen LogP contribution in [0.25, 0.3) is 0 Å². The summed E-state index contributed by atoms with van der Waals surface area (Å²) >= 11 is 0. The Bertz CT molecular complexity index is 427. The van der Waals surface area contributed by atoms with Crippen LogP contribution in [0.5, 0.6) is 0 Å². The highest BCUT2D eigenvalue weighted by Gasteiger charge is 2.13. The zero-order valence-corrected chi connectivity index (χ0v) is 11.9. The van der Waals surface area contributed by atoms with E-state index in [0.29, 0.717) is 13.1 Å². The van der Waals surface area contributed by atoms with Gasteiger partial charge in [-0.2, -0.15) is 0 Å². The van der Waals surface area contributed by atoms with Crippen molar-refractivity contribution in [2.24, 2.45) is 0 Å². The number of aryl methyl sites for hydroxylation is 1. The molecule has 2 N–H and O–H groups in total. The highest BCUT2D eigenvalue weighted by molar-refractivity contribution is 5.94. The quantitative estimate of drug-likeness (QED) is 0.791. The molecular weight excluding hydrogens is 274 g/mol. The van der Waals surface area contributed by atoms with Gasteiger partial charge in [0.15, 0.2) is 0 Å². The molecule has 0 unspecified atom stereocenters. The van der Waals surface area contributed by atoms with Crippen molar-refractivity contribution in [3.63, 3.8) is 0 Å². The third kappa shape index (κ3) is 5.53. The van der Waals surface area contributed by atoms with E-state index in [4.69, 9.17) is 0 Å². The first-order valence-electron chi connectivity index (χ1n) is 6.00. The van der Waals surface area contributed by atoms with E-state index in [2.05, 4.69) is 10.6 Å². The average molecular weight is 293 g/mol. The molecule has 0 saturated carbocycles. The molecule has 0 aliphatic carbocycles. The number of amides is 1. The summed E-state index contributed by atoms with van der Waals surface area (Å²) in [4.78, 5) is 11.7. The molecule has 0 heterocycles. The van der Waals surface area contributed by atoms with E-state index in [1.54, 1.807) is 0 Å². The fourth-order valence-electron chi connectivity index (χ4n) is 1.49. The van der Waals surface area contributed by atoms with Crippen LogP contribution in [0, 0.1) is 18.6 Å². The van der Waals surface area contributed by atoms with Gasteiger partial charge in [0.1, 0.15) is 11.6 Å². The molecule has 1 rings (SSSR count). The molecule has 1 aromatic carbocycles. The van der Waals surface area contributed by atoms with Crippen LogP contribution in [0.1, 0.15) is 29.3 Å². The largest absolute Gasteiger partial charge is 0.351 e. The molecule has 0 fully saturated rings. The second kappa shape index (κ2) is 8.82. The molecule has 0 saturated heterocycles. The third-order valence-electron chi connectivity index (χ3n) is 2.51. The van der Waals surface area contributed by atoms with Crippen LogP contribution in [0.2, 0.25) is 0 Å². The third-order valence-corrected chi connectivity index (χ3v) is 2.51. The first-order valence-corrected chi connectivity index (χ1v) is 6.00. The molecule has 3 nitrogen and oxygen atoms in total. The van der Waals surface area contributed by atoms with Crippen LogP contribution in [0.3, 0.4) is 0 Å². The Hall–Kier alpha value is -1.20. The minimum Gasteiger partial charge on any atom is -0.351 e.